The number of rotatable bonds is 6. The Morgan fingerprint density at radius 3 is 2.44 bits per heavy atom. The molecule has 0 bridgehead atoms. The third-order valence-electron chi connectivity index (χ3n) is 6.00. The third kappa shape index (κ3) is 5.24. The van der Waals surface area contributed by atoms with Crippen molar-refractivity contribution in [2.75, 3.05) is 39.2 Å². The highest BCUT2D eigenvalue weighted by molar-refractivity contribution is 8.00. The Bertz CT molecular complexity index is 1230. The minimum Gasteiger partial charge on any atom is -0.497 e. The van der Waals surface area contributed by atoms with Crippen molar-refractivity contribution in [1.29, 1.82) is 5.26 Å². The number of morpholine rings is 1. The maximum Gasteiger partial charge on any atom is 0.233 e. The van der Waals surface area contributed by atoms with E-state index in [4.69, 9.17) is 14.5 Å². The van der Waals surface area contributed by atoms with Gasteiger partial charge in [0, 0.05) is 24.2 Å². The number of carbonyl (C=O) groups excluding carboxylic acids is 1. The molecule has 1 fully saturated rings. The molecule has 6 nitrogen and oxygen atoms in total. The predicted octanol–water partition coefficient (Wildman–Crippen LogP) is 4.86. The van der Waals surface area contributed by atoms with Gasteiger partial charge in [-0.3, -0.25) is 4.79 Å². The molecule has 1 aliphatic heterocycles. The van der Waals surface area contributed by atoms with Gasteiger partial charge in [0.2, 0.25) is 5.91 Å². The van der Waals surface area contributed by atoms with E-state index < -0.39 is 0 Å². The second-order valence-corrected chi connectivity index (χ2v) is 9.12. The minimum atomic E-state index is 0.0292. The van der Waals surface area contributed by atoms with Gasteiger partial charge in [0.15, 0.2) is 0 Å². The first-order valence-corrected chi connectivity index (χ1v) is 12.1. The lowest BCUT2D eigenvalue weighted by Gasteiger charge is -2.26. The molecule has 174 valence electrons. The lowest BCUT2D eigenvalue weighted by Crippen LogP contribution is -2.41. The maximum absolute atomic E-state index is 12.8. The predicted molar refractivity (Wildman–Crippen MR) is 134 cm³/mol. The molecule has 0 unspecified atom stereocenters. The van der Waals surface area contributed by atoms with Gasteiger partial charge in [-0.1, -0.05) is 36.0 Å². The minimum absolute atomic E-state index is 0.0292. The number of ether oxygens (including phenoxy) is 2. The summed E-state index contributed by atoms with van der Waals surface area (Å²) in [6.45, 7) is 6.45. The first-order chi connectivity index (χ1) is 16.5. The van der Waals surface area contributed by atoms with Gasteiger partial charge in [0.25, 0.3) is 0 Å². The Kier molecular flexibility index (Phi) is 7.51. The molecule has 0 aliphatic carbocycles. The van der Waals surface area contributed by atoms with E-state index in [1.165, 1.54) is 22.9 Å². The van der Waals surface area contributed by atoms with Crippen LogP contribution in [0.1, 0.15) is 16.7 Å². The normalized spacial score (nSPS) is 13.4. The van der Waals surface area contributed by atoms with E-state index in [9.17, 15) is 10.1 Å². The van der Waals surface area contributed by atoms with E-state index in [2.05, 4.69) is 32.0 Å². The Hall–Kier alpha value is -3.34. The average molecular weight is 474 g/mol. The van der Waals surface area contributed by atoms with Gasteiger partial charge < -0.3 is 14.4 Å². The quantitative estimate of drug-likeness (QED) is 0.476. The van der Waals surface area contributed by atoms with Crippen LogP contribution in [0.5, 0.6) is 5.75 Å². The average Bonchev–Trinajstić information content (AvgIpc) is 2.88. The van der Waals surface area contributed by atoms with Crippen LogP contribution in [0.4, 0.5) is 0 Å². The van der Waals surface area contributed by atoms with Crippen LogP contribution >= 0.6 is 11.8 Å². The number of aromatic nitrogens is 1. The molecule has 0 radical (unpaired) electrons. The van der Waals surface area contributed by atoms with Crippen LogP contribution in [0.2, 0.25) is 0 Å². The van der Waals surface area contributed by atoms with Crippen LogP contribution in [-0.2, 0) is 9.53 Å². The van der Waals surface area contributed by atoms with Crippen LogP contribution < -0.4 is 4.74 Å². The zero-order chi connectivity index (χ0) is 24.1. The van der Waals surface area contributed by atoms with Crippen molar-refractivity contribution in [1.82, 2.24) is 9.88 Å². The monoisotopic (exact) mass is 473 g/mol. The third-order valence-corrected chi connectivity index (χ3v) is 6.96. The molecule has 34 heavy (non-hydrogen) atoms. The number of aryl methyl sites for hydroxylation is 2. The summed E-state index contributed by atoms with van der Waals surface area (Å²) >= 11 is 1.32. The Labute approximate surface area is 204 Å². The highest BCUT2D eigenvalue weighted by Crippen LogP contribution is 2.35. The molecular weight excluding hydrogens is 446 g/mol. The van der Waals surface area contributed by atoms with Crippen LogP contribution in [0.3, 0.4) is 0 Å². The summed E-state index contributed by atoms with van der Waals surface area (Å²) in [7, 11) is 1.63. The number of methoxy groups -OCH3 is 1. The number of hydrogen-bond donors (Lipinski definition) is 0. The van der Waals surface area contributed by atoms with Crippen LogP contribution in [0.15, 0.2) is 53.6 Å². The lowest BCUT2D eigenvalue weighted by molar-refractivity contribution is -0.132. The molecule has 4 rings (SSSR count). The van der Waals surface area contributed by atoms with Gasteiger partial charge >= 0.3 is 0 Å². The fourth-order valence-electron chi connectivity index (χ4n) is 3.82. The van der Waals surface area contributed by atoms with Crippen LogP contribution in [-0.4, -0.2) is 55.0 Å². The standard InChI is InChI=1S/C27H27N3O3S/c1-18-4-5-21(14-19(18)2)25-15-23(20-6-8-22(32-3)9-7-20)24(16-28)27(29-25)34-17-26(31)30-10-12-33-13-11-30/h4-9,14-15H,10-13,17H2,1-3H3. The van der Waals surface area contributed by atoms with Crippen molar-refractivity contribution in [3.05, 3.63) is 65.2 Å². The van der Waals surface area contributed by atoms with Crippen LogP contribution in [0, 0.1) is 25.2 Å². The largest absolute Gasteiger partial charge is 0.497 e. The number of nitrogens with zero attached hydrogens (tertiary/aromatic N) is 3. The molecular formula is C27H27N3O3S. The van der Waals surface area contributed by atoms with Gasteiger partial charge in [-0.2, -0.15) is 5.26 Å². The molecule has 1 saturated heterocycles. The number of carbonyl (C=O) groups is 1. The summed E-state index contributed by atoms with van der Waals surface area (Å²) < 4.78 is 10.6. The van der Waals surface area contributed by atoms with Gasteiger partial charge in [-0.05, 0) is 54.8 Å². The van der Waals surface area contributed by atoms with Crippen molar-refractivity contribution in [2.24, 2.45) is 0 Å². The highest BCUT2D eigenvalue weighted by atomic mass is 32.2. The number of thioether (sulfide) groups is 1. The maximum atomic E-state index is 12.8. The molecule has 3 aromatic rings. The Morgan fingerprint density at radius 1 is 1.09 bits per heavy atom. The van der Waals surface area contributed by atoms with Crippen molar-refractivity contribution < 1.29 is 14.3 Å². The summed E-state index contributed by atoms with van der Waals surface area (Å²) in [5, 5.41) is 10.6. The van der Waals surface area contributed by atoms with E-state index in [-0.39, 0.29) is 11.7 Å². The van der Waals surface area contributed by atoms with E-state index in [1.54, 1.807) is 12.0 Å². The molecule has 7 heteroatoms. The second-order valence-electron chi connectivity index (χ2n) is 8.16. The molecule has 0 atom stereocenters. The van der Waals surface area contributed by atoms with Crippen molar-refractivity contribution in [3.8, 4) is 34.2 Å². The van der Waals surface area contributed by atoms with E-state index in [1.807, 2.05) is 36.4 Å². The first-order valence-electron chi connectivity index (χ1n) is 11.2. The number of amides is 1. The number of nitriles is 1. The number of pyridine rings is 1. The lowest BCUT2D eigenvalue weighted by atomic mass is 9.98. The number of benzene rings is 2. The summed E-state index contributed by atoms with van der Waals surface area (Å²) in [6.07, 6.45) is 0. The molecule has 1 aromatic heterocycles. The zero-order valence-corrected chi connectivity index (χ0v) is 20.4. The fraction of sp³-hybridized carbons (Fsp3) is 0.296. The van der Waals surface area contributed by atoms with Gasteiger partial charge in [0.05, 0.1) is 37.3 Å². The second kappa shape index (κ2) is 10.7. The zero-order valence-electron chi connectivity index (χ0n) is 19.6. The molecule has 0 N–H and O–H groups in total. The first kappa shape index (κ1) is 23.8. The highest BCUT2D eigenvalue weighted by Gasteiger charge is 2.20. The van der Waals surface area contributed by atoms with Gasteiger partial charge in [-0.25, -0.2) is 4.98 Å². The fourth-order valence-corrected chi connectivity index (χ4v) is 4.72. The summed E-state index contributed by atoms with van der Waals surface area (Å²) in [4.78, 5) is 19.4. The summed E-state index contributed by atoms with van der Waals surface area (Å²) in [5.41, 5.74) is 6.28. The molecule has 2 aromatic carbocycles. The molecule has 1 aliphatic rings. The smallest absolute Gasteiger partial charge is 0.233 e. The van der Waals surface area contributed by atoms with Gasteiger partial charge in [-0.15, -0.1) is 0 Å². The van der Waals surface area contributed by atoms with E-state index in [0.717, 1.165) is 28.1 Å². The van der Waals surface area contributed by atoms with E-state index >= 15 is 0 Å². The molecule has 2 heterocycles. The Morgan fingerprint density at radius 2 is 1.79 bits per heavy atom. The van der Waals surface area contributed by atoms with Crippen LogP contribution in [0.25, 0.3) is 22.4 Å². The Balaban J connectivity index is 1.75. The molecule has 1 amide bonds. The van der Waals surface area contributed by atoms with Crippen molar-refractivity contribution in [2.45, 2.75) is 18.9 Å². The SMILES string of the molecule is COc1ccc(-c2cc(-c3ccc(C)c(C)c3)nc(SCC(=O)N3CCOCC3)c2C#N)cc1. The number of hydrogen-bond acceptors (Lipinski definition) is 6. The van der Waals surface area contributed by atoms with Gasteiger partial charge in [0.1, 0.15) is 16.8 Å². The van der Waals surface area contributed by atoms with Crippen molar-refractivity contribution >= 4 is 17.7 Å². The molecule has 0 spiro atoms. The topological polar surface area (TPSA) is 75.4 Å². The summed E-state index contributed by atoms with van der Waals surface area (Å²) in [5.74, 6) is 0.998. The van der Waals surface area contributed by atoms with Crippen molar-refractivity contribution in [3.63, 3.8) is 0 Å². The van der Waals surface area contributed by atoms with E-state index in [0.29, 0.717) is 36.9 Å². The molecule has 0 saturated carbocycles. The summed E-state index contributed by atoms with van der Waals surface area (Å²) in [6, 6.07) is 18.1.